The number of likely N-dealkylation sites (tertiary alicyclic amines) is 1. The topological polar surface area (TPSA) is 74.7 Å². The zero-order chi connectivity index (χ0) is 33.0. The number of amides is 1. The minimum atomic E-state index is -0.937. The summed E-state index contributed by atoms with van der Waals surface area (Å²) in [4.78, 5) is 32.2. The fraction of sp³-hybridized carbons (Fsp3) is 0.389. The molecule has 0 spiro atoms. The second-order valence-electron chi connectivity index (χ2n) is 12.8. The van der Waals surface area contributed by atoms with Crippen LogP contribution in [0.25, 0.3) is 32.9 Å². The lowest BCUT2D eigenvalue weighted by molar-refractivity contribution is -0.126. The third-order valence-corrected chi connectivity index (χ3v) is 10.3. The van der Waals surface area contributed by atoms with E-state index in [4.69, 9.17) is 16.1 Å². The summed E-state index contributed by atoms with van der Waals surface area (Å²) in [6, 6.07) is 7.66. The number of anilines is 1. The molecule has 5 heterocycles. The van der Waals surface area contributed by atoms with Gasteiger partial charge in [-0.05, 0) is 50.3 Å². The molecule has 4 atom stereocenters. The molecule has 47 heavy (non-hydrogen) atoms. The van der Waals surface area contributed by atoms with Crippen LogP contribution < -0.4 is 9.64 Å². The molecule has 8 nitrogen and oxygen atoms in total. The van der Waals surface area contributed by atoms with Crippen molar-refractivity contribution in [2.75, 3.05) is 38.2 Å². The predicted molar refractivity (Wildman–Crippen MR) is 175 cm³/mol. The molecule has 3 aliphatic heterocycles. The first-order valence-corrected chi connectivity index (χ1v) is 15.9. The number of pyridine rings is 1. The third-order valence-electron chi connectivity index (χ3n) is 10.3. The quantitative estimate of drug-likeness (QED) is 0.190. The molecule has 4 aromatic rings. The minimum Gasteiger partial charge on any atom is -0.461 e. The van der Waals surface area contributed by atoms with Gasteiger partial charge in [0.15, 0.2) is 5.82 Å². The van der Waals surface area contributed by atoms with Crippen molar-refractivity contribution in [2.24, 2.45) is 0 Å². The zero-order valence-corrected chi connectivity index (χ0v) is 26.3. The Morgan fingerprint density at radius 1 is 1.26 bits per heavy atom. The number of carbonyl (C=O) groups is 1. The summed E-state index contributed by atoms with van der Waals surface area (Å²) in [7, 11) is 1.84. The summed E-state index contributed by atoms with van der Waals surface area (Å²) in [5.74, 6) is 1.30. The normalized spacial score (nSPS) is 24.1. The van der Waals surface area contributed by atoms with Gasteiger partial charge in [0.05, 0.1) is 22.5 Å². The Morgan fingerprint density at radius 3 is 2.87 bits per heavy atom. The number of hydrogen-bond acceptors (Lipinski definition) is 7. The Balaban J connectivity index is 1.36. The lowest BCUT2D eigenvalue weighted by Crippen LogP contribution is -2.44. The van der Waals surface area contributed by atoms with Gasteiger partial charge < -0.3 is 14.5 Å². The summed E-state index contributed by atoms with van der Waals surface area (Å²) in [5.41, 5.74) is -0.192. The van der Waals surface area contributed by atoms with Crippen molar-refractivity contribution < 1.29 is 22.7 Å². The molecule has 3 saturated heterocycles. The van der Waals surface area contributed by atoms with Crippen LogP contribution in [-0.2, 0) is 4.79 Å². The second-order valence-corrected chi connectivity index (χ2v) is 12.8. The van der Waals surface area contributed by atoms with Gasteiger partial charge in [0.25, 0.3) is 0 Å². The van der Waals surface area contributed by atoms with Gasteiger partial charge in [-0.25, -0.2) is 13.2 Å². The van der Waals surface area contributed by atoms with E-state index >= 15 is 4.39 Å². The van der Waals surface area contributed by atoms with Crippen molar-refractivity contribution in [3.63, 3.8) is 0 Å². The van der Waals surface area contributed by atoms with E-state index in [1.165, 1.54) is 18.3 Å². The van der Waals surface area contributed by atoms with E-state index in [9.17, 15) is 13.6 Å². The van der Waals surface area contributed by atoms with Crippen LogP contribution in [0.1, 0.15) is 38.2 Å². The highest BCUT2D eigenvalue weighted by Crippen LogP contribution is 2.41. The predicted octanol–water partition coefficient (Wildman–Crippen LogP) is 5.67. The Bertz CT molecular complexity index is 1960. The highest BCUT2D eigenvalue weighted by atomic mass is 19.1. The summed E-state index contributed by atoms with van der Waals surface area (Å²) in [5, 5.41) is 1.36. The van der Waals surface area contributed by atoms with Gasteiger partial charge >= 0.3 is 6.01 Å². The molecule has 0 aliphatic carbocycles. The largest absolute Gasteiger partial charge is 0.461 e. The molecule has 1 amide bonds. The summed E-state index contributed by atoms with van der Waals surface area (Å²) < 4.78 is 52.4. The summed E-state index contributed by atoms with van der Waals surface area (Å²) in [6.45, 7) is 7.44. The summed E-state index contributed by atoms with van der Waals surface area (Å²) >= 11 is 0. The molecule has 0 saturated carbocycles. The first-order valence-electron chi connectivity index (χ1n) is 15.9. The van der Waals surface area contributed by atoms with Crippen LogP contribution in [0.3, 0.4) is 0 Å². The molecular weight excluding hydrogens is 605 g/mol. The monoisotopic (exact) mass is 640 g/mol. The van der Waals surface area contributed by atoms with Crippen LogP contribution in [-0.4, -0.2) is 87.7 Å². The zero-order valence-electron chi connectivity index (χ0n) is 26.3. The first kappa shape index (κ1) is 30.9. The third kappa shape index (κ3) is 5.06. The molecule has 242 valence electrons. The SMILES string of the molecule is C#Cc1c(F)ccc2cccc(-c3ncc4c(N(C)[C@H]5CCN(C(=O)C=C)[C@H]5C)nc(OC[C@@]56CCCN5C[C@H](F)C6)nc4c3F)c12. The van der Waals surface area contributed by atoms with Crippen LogP contribution in [0, 0.1) is 24.0 Å². The fourth-order valence-corrected chi connectivity index (χ4v) is 7.91. The van der Waals surface area contributed by atoms with Gasteiger partial charge in [-0.3, -0.25) is 14.7 Å². The molecule has 2 aromatic heterocycles. The molecule has 7 rings (SSSR count). The number of likely N-dealkylation sites (N-methyl/N-ethyl adjacent to an activating group) is 1. The van der Waals surface area contributed by atoms with Crippen LogP contribution in [0.4, 0.5) is 19.0 Å². The molecule has 3 fully saturated rings. The number of fused-ring (bicyclic) bond motifs is 3. The Kier molecular flexibility index (Phi) is 7.79. The highest BCUT2D eigenvalue weighted by Gasteiger charge is 2.49. The molecule has 0 bridgehead atoms. The van der Waals surface area contributed by atoms with Crippen LogP contribution in [0.5, 0.6) is 6.01 Å². The summed E-state index contributed by atoms with van der Waals surface area (Å²) in [6.07, 6.45) is 10.3. The van der Waals surface area contributed by atoms with Gasteiger partial charge in [0.1, 0.15) is 35.6 Å². The number of alkyl halides is 1. The number of terminal acetylenes is 1. The Morgan fingerprint density at radius 2 is 2.09 bits per heavy atom. The van der Waals surface area contributed by atoms with Crippen molar-refractivity contribution in [3.05, 3.63) is 66.4 Å². The number of hydrogen-bond donors (Lipinski definition) is 0. The van der Waals surface area contributed by atoms with Crippen LogP contribution >= 0.6 is 0 Å². The van der Waals surface area contributed by atoms with Gasteiger partial charge in [-0.1, -0.05) is 36.8 Å². The van der Waals surface area contributed by atoms with E-state index in [2.05, 4.69) is 27.4 Å². The molecule has 0 N–H and O–H groups in total. The highest BCUT2D eigenvalue weighted by molar-refractivity contribution is 6.02. The molecule has 2 aromatic carbocycles. The second kappa shape index (κ2) is 11.8. The Hall–Kier alpha value is -4.69. The number of rotatable bonds is 7. The molecule has 3 aliphatic rings. The number of aromatic nitrogens is 3. The first-order chi connectivity index (χ1) is 22.7. The van der Waals surface area contributed by atoms with E-state index in [0.29, 0.717) is 53.5 Å². The van der Waals surface area contributed by atoms with Gasteiger partial charge in [-0.2, -0.15) is 9.97 Å². The fourth-order valence-electron chi connectivity index (χ4n) is 7.91. The number of nitrogens with zero attached hydrogens (tertiary/aromatic N) is 6. The molecule has 11 heteroatoms. The number of ether oxygens (including phenoxy) is 1. The van der Waals surface area contributed by atoms with Gasteiger partial charge in [0, 0.05) is 49.7 Å². The van der Waals surface area contributed by atoms with E-state index in [-0.39, 0.29) is 47.4 Å². The number of benzene rings is 2. The van der Waals surface area contributed by atoms with Gasteiger partial charge in [0.2, 0.25) is 5.91 Å². The lowest BCUT2D eigenvalue weighted by atomic mass is 9.95. The van der Waals surface area contributed by atoms with Crippen molar-refractivity contribution in [3.8, 4) is 29.6 Å². The average molecular weight is 641 g/mol. The van der Waals surface area contributed by atoms with Crippen molar-refractivity contribution >= 4 is 33.4 Å². The smallest absolute Gasteiger partial charge is 0.319 e. The lowest BCUT2D eigenvalue weighted by Gasteiger charge is -2.32. The van der Waals surface area contributed by atoms with Crippen molar-refractivity contribution in [1.29, 1.82) is 0 Å². The van der Waals surface area contributed by atoms with Crippen LogP contribution in [0.2, 0.25) is 0 Å². The maximum atomic E-state index is 16.8. The maximum Gasteiger partial charge on any atom is 0.319 e. The minimum absolute atomic E-state index is 0.0171. The van der Waals surface area contributed by atoms with Crippen molar-refractivity contribution in [2.45, 2.75) is 56.4 Å². The van der Waals surface area contributed by atoms with E-state index in [0.717, 1.165) is 19.4 Å². The van der Waals surface area contributed by atoms with E-state index in [1.807, 2.05) is 18.9 Å². The standard InChI is InChI=1S/C36H35F3N6O2/c1-5-24-27(38)12-11-22-9-7-10-25(30(22)24)32-31(39)33-26(18-40-32)34(43(4)28-13-16-45(21(28)3)29(46)6-2)42-35(41-33)47-20-36-14-8-15-44(36)19-23(37)17-36/h1,6-7,9-12,18,21,23,28H,2,8,13-17,19-20H2,3-4H3/t21-,23+,28-,36-/m0/s1. The van der Waals surface area contributed by atoms with E-state index in [1.54, 1.807) is 29.2 Å². The van der Waals surface area contributed by atoms with E-state index < -0.39 is 23.3 Å². The van der Waals surface area contributed by atoms with Gasteiger partial charge in [-0.15, -0.1) is 6.42 Å². The maximum absolute atomic E-state index is 16.8. The molecule has 0 unspecified atom stereocenters. The van der Waals surface area contributed by atoms with Crippen molar-refractivity contribution in [1.82, 2.24) is 24.8 Å². The Labute approximate surface area is 271 Å². The average Bonchev–Trinajstić information content (AvgIpc) is 3.74. The number of carbonyl (C=O) groups excluding carboxylic acids is 1. The van der Waals surface area contributed by atoms with Crippen LogP contribution in [0.15, 0.2) is 49.2 Å². The molecular formula is C36H35F3N6O2. The molecule has 0 radical (unpaired) electrons. The number of halogens is 3.